The molecular weight excluding hydrogens is 445 g/mol. The molecule has 1 amide bonds. The van der Waals surface area contributed by atoms with Crippen LogP contribution in [0.5, 0.6) is 0 Å². The van der Waals surface area contributed by atoms with Gasteiger partial charge in [0.1, 0.15) is 17.5 Å². The number of pyridine rings is 1. The average Bonchev–Trinajstić information content (AvgIpc) is 2.95. The molecule has 1 aliphatic carbocycles. The number of fused-ring (bicyclic) bond motifs is 1. The second-order valence-electron chi connectivity index (χ2n) is 8.89. The van der Waals surface area contributed by atoms with E-state index in [1.165, 1.54) is 12.1 Å². The maximum atomic E-state index is 13.0. The van der Waals surface area contributed by atoms with Crippen LogP contribution in [0.15, 0.2) is 34.7 Å². The maximum Gasteiger partial charge on any atom is 0.270 e. The van der Waals surface area contributed by atoms with Gasteiger partial charge in [0.15, 0.2) is 6.29 Å². The van der Waals surface area contributed by atoms with Crippen LogP contribution in [-0.2, 0) is 12.1 Å². The van der Waals surface area contributed by atoms with Gasteiger partial charge in [-0.3, -0.25) is 19.0 Å². The van der Waals surface area contributed by atoms with Gasteiger partial charge < -0.3 is 10.6 Å². The Morgan fingerprint density at radius 1 is 1.36 bits per heavy atom. The number of allylic oxidation sites excluding steroid dienone is 3. The SMILES string of the molecule is CCc1c(C=O)cc(=O)n2c1C(=O)NC2(CC)CC(C)C.CNCC1=CC(Cl)C(F)C=CC1. The molecule has 0 saturated carbocycles. The molecule has 1 aliphatic heterocycles. The second-order valence-corrected chi connectivity index (χ2v) is 9.39. The average molecular weight is 480 g/mol. The lowest BCUT2D eigenvalue weighted by Gasteiger charge is -2.32. The lowest BCUT2D eigenvalue weighted by Crippen LogP contribution is -2.47. The third kappa shape index (κ3) is 6.01. The molecule has 3 unspecified atom stereocenters. The van der Waals surface area contributed by atoms with E-state index in [2.05, 4.69) is 24.5 Å². The van der Waals surface area contributed by atoms with E-state index in [1.54, 1.807) is 10.6 Å². The normalized spacial score (nSPS) is 23.9. The van der Waals surface area contributed by atoms with Crippen LogP contribution in [0.1, 0.15) is 73.4 Å². The summed E-state index contributed by atoms with van der Waals surface area (Å²) in [5.41, 5.74) is 1.51. The lowest BCUT2D eigenvalue weighted by molar-refractivity contribution is 0.0893. The van der Waals surface area contributed by atoms with Crippen molar-refractivity contribution in [3.05, 3.63) is 57.0 Å². The molecule has 2 aliphatic rings. The summed E-state index contributed by atoms with van der Waals surface area (Å²) in [7, 11) is 1.87. The molecule has 2 N–H and O–H groups in total. The van der Waals surface area contributed by atoms with Crippen molar-refractivity contribution in [2.75, 3.05) is 13.6 Å². The first-order valence-electron chi connectivity index (χ1n) is 11.5. The molecular formula is C25H35ClFN3O3. The minimum Gasteiger partial charge on any atom is -0.327 e. The summed E-state index contributed by atoms with van der Waals surface area (Å²) in [6.45, 7) is 8.75. The van der Waals surface area contributed by atoms with E-state index in [1.807, 2.05) is 27.0 Å². The van der Waals surface area contributed by atoms with Gasteiger partial charge in [0, 0.05) is 18.2 Å². The van der Waals surface area contributed by atoms with Gasteiger partial charge in [0.25, 0.3) is 11.5 Å². The summed E-state index contributed by atoms with van der Waals surface area (Å²) in [4.78, 5) is 36.1. The monoisotopic (exact) mass is 479 g/mol. The van der Waals surface area contributed by atoms with E-state index in [-0.39, 0.29) is 11.5 Å². The van der Waals surface area contributed by atoms with Crippen molar-refractivity contribution in [2.45, 2.75) is 70.6 Å². The molecule has 3 rings (SSSR count). The van der Waals surface area contributed by atoms with Crippen LogP contribution in [0.3, 0.4) is 0 Å². The molecule has 182 valence electrons. The Balaban J connectivity index is 0.000000273. The zero-order valence-corrected chi connectivity index (χ0v) is 20.8. The van der Waals surface area contributed by atoms with Crippen LogP contribution in [-0.4, -0.2) is 41.9 Å². The molecule has 33 heavy (non-hydrogen) atoms. The smallest absolute Gasteiger partial charge is 0.270 e. The molecule has 0 saturated heterocycles. The zero-order valence-electron chi connectivity index (χ0n) is 20.1. The predicted molar refractivity (Wildman–Crippen MR) is 131 cm³/mol. The fraction of sp³-hybridized carbons (Fsp3) is 0.560. The number of likely N-dealkylation sites (N-methyl/N-ethyl adjacent to an activating group) is 1. The summed E-state index contributed by atoms with van der Waals surface area (Å²) >= 11 is 5.77. The Morgan fingerprint density at radius 2 is 2.06 bits per heavy atom. The number of carbonyl (C=O) groups is 2. The summed E-state index contributed by atoms with van der Waals surface area (Å²) < 4.78 is 14.5. The molecule has 0 bridgehead atoms. The van der Waals surface area contributed by atoms with Crippen LogP contribution in [0.4, 0.5) is 4.39 Å². The first-order valence-corrected chi connectivity index (χ1v) is 11.9. The van der Waals surface area contributed by atoms with Gasteiger partial charge in [-0.15, -0.1) is 11.6 Å². The molecule has 2 heterocycles. The molecule has 3 atom stereocenters. The first kappa shape index (κ1) is 27.0. The number of nitrogens with zero attached hydrogens (tertiary/aromatic N) is 1. The number of alkyl halides is 2. The topological polar surface area (TPSA) is 80.2 Å². The fourth-order valence-electron chi connectivity index (χ4n) is 4.54. The van der Waals surface area contributed by atoms with Crippen molar-refractivity contribution < 1.29 is 14.0 Å². The number of halogens is 2. The summed E-state index contributed by atoms with van der Waals surface area (Å²) in [5.74, 6) is 0.0778. The molecule has 1 aromatic rings. The number of nitrogens with one attached hydrogen (secondary N) is 2. The lowest BCUT2D eigenvalue weighted by atomic mass is 9.94. The first-order chi connectivity index (χ1) is 15.6. The largest absolute Gasteiger partial charge is 0.327 e. The fourth-order valence-corrected chi connectivity index (χ4v) is 4.80. The van der Waals surface area contributed by atoms with E-state index in [0.29, 0.717) is 48.3 Å². The van der Waals surface area contributed by atoms with E-state index in [4.69, 9.17) is 11.6 Å². The van der Waals surface area contributed by atoms with E-state index in [9.17, 15) is 18.8 Å². The Labute approximate surface area is 200 Å². The van der Waals surface area contributed by atoms with Crippen molar-refractivity contribution >= 4 is 23.8 Å². The van der Waals surface area contributed by atoms with Crippen molar-refractivity contribution in [3.63, 3.8) is 0 Å². The van der Waals surface area contributed by atoms with Gasteiger partial charge in [-0.25, -0.2) is 4.39 Å². The number of amides is 1. The van der Waals surface area contributed by atoms with Gasteiger partial charge in [-0.05, 0) is 44.2 Å². The maximum absolute atomic E-state index is 13.0. The molecule has 0 radical (unpaired) electrons. The highest BCUT2D eigenvalue weighted by Crippen LogP contribution is 2.33. The number of rotatable bonds is 7. The van der Waals surface area contributed by atoms with Crippen molar-refractivity contribution in [1.82, 2.24) is 15.2 Å². The Bertz CT molecular complexity index is 986. The van der Waals surface area contributed by atoms with Crippen LogP contribution >= 0.6 is 11.6 Å². The number of aldehydes is 1. The van der Waals surface area contributed by atoms with Gasteiger partial charge in [0.2, 0.25) is 0 Å². The van der Waals surface area contributed by atoms with Gasteiger partial charge >= 0.3 is 0 Å². The molecule has 6 nitrogen and oxygen atoms in total. The molecule has 1 aromatic heterocycles. The van der Waals surface area contributed by atoms with Crippen molar-refractivity contribution in [3.8, 4) is 0 Å². The summed E-state index contributed by atoms with van der Waals surface area (Å²) in [6, 6.07) is 1.35. The minimum absolute atomic E-state index is 0.254. The quantitative estimate of drug-likeness (QED) is 0.350. The van der Waals surface area contributed by atoms with Crippen LogP contribution in [0.2, 0.25) is 0 Å². The predicted octanol–water partition coefficient (Wildman–Crippen LogP) is 4.11. The third-order valence-electron chi connectivity index (χ3n) is 5.96. The summed E-state index contributed by atoms with van der Waals surface area (Å²) in [5, 5.41) is 5.50. The van der Waals surface area contributed by atoms with Crippen LogP contribution in [0.25, 0.3) is 0 Å². The zero-order chi connectivity index (χ0) is 24.8. The number of hydrogen-bond donors (Lipinski definition) is 2. The number of aromatic nitrogens is 1. The van der Waals surface area contributed by atoms with Crippen LogP contribution in [0, 0.1) is 5.92 Å². The van der Waals surface area contributed by atoms with Crippen molar-refractivity contribution in [2.24, 2.45) is 5.92 Å². The van der Waals surface area contributed by atoms with Gasteiger partial charge in [-0.2, -0.15) is 0 Å². The highest BCUT2D eigenvalue weighted by Gasteiger charge is 2.43. The standard InChI is InChI=1S/C16H22N2O3.C9H13ClFN/c1-5-12-11(9-19)7-13(20)18-14(12)15(21)17-16(18,6-2)8-10(3)4;1-12-6-7-3-2-4-9(11)8(10)5-7/h7,9-10H,5-6,8H2,1-4H3,(H,17,21);2,4-5,8-9,12H,3,6H2,1H3. The van der Waals surface area contributed by atoms with E-state index < -0.39 is 17.2 Å². The minimum atomic E-state index is -1.04. The Morgan fingerprint density at radius 3 is 2.61 bits per heavy atom. The van der Waals surface area contributed by atoms with Gasteiger partial charge in [0.05, 0.1) is 5.38 Å². The number of hydrogen-bond acceptors (Lipinski definition) is 4. The molecule has 8 heteroatoms. The Hall–Kier alpha value is -2.25. The van der Waals surface area contributed by atoms with Crippen molar-refractivity contribution in [1.29, 1.82) is 0 Å². The van der Waals surface area contributed by atoms with Gasteiger partial charge in [-0.1, -0.05) is 51.5 Å². The van der Waals surface area contributed by atoms with E-state index >= 15 is 0 Å². The third-order valence-corrected chi connectivity index (χ3v) is 6.33. The summed E-state index contributed by atoms with van der Waals surface area (Å²) in [6.07, 6.45) is 7.42. The molecule has 0 fully saturated rings. The highest BCUT2D eigenvalue weighted by molar-refractivity contribution is 6.22. The van der Waals surface area contributed by atoms with E-state index in [0.717, 1.165) is 18.5 Å². The number of carbonyl (C=O) groups excluding carboxylic acids is 2. The molecule has 0 aromatic carbocycles. The second kappa shape index (κ2) is 11.7. The molecule has 0 spiro atoms. The van der Waals surface area contributed by atoms with Crippen LogP contribution < -0.4 is 16.2 Å². The highest BCUT2D eigenvalue weighted by atomic mass is 35.5. The Kier molecular flexibility index (Phi) is 9.61.